The molecule has 13 nitrogen and oxygen atoms in total. The van der Waals surface area contributed by atoms with Crippen LogP contribution in [0.15, 0.2) is 53.6 Å². The maximum Gasteiger partial charge on any atom is 0.280 e. The predicted octanol–water partition coefficient (Wildman–Crippen LogP) is 1.33. The maximum absolute atomic E-state index is 13.6. The molecule has 0 saturated carbocycles. The van der Waals surface area contributed by atoms with Gasteiger partial charge in [-0.05, 0) is 31.2 Å². The minimum absolute atomic E-state index is 0.0136. The lowest BCUT2D eigenvalue weighted by Crippen LogP contribution is -2.37. The number of carbonyl (C=O) groups is 3. The summed E-state index contributed by atoms with van der Waals surface area (Å²) < 4.78 is 20.8. The number of nitrogens with one attached hydrogen (secondary N) is 1. The molecule has 0 unspecified atom stereocenters. The van der Waals surface area contributed by atoms with Crippen LogP contribution in [0.5, 0.6) is 0 Å². The smallest absolute Gasteiger partial charge is 0.280 e. The SMILES string of the molecule is COC[C@H](C)N1Cc2c(n(CC(=O)Nc3ccc(F)cn3)c3cc(C(=O)N(C)c4ccccn4)nn3c2=O)C1=O. The van der Waals surface area contributed by atoms with Crippen molar-refractivity contribution < 1.29 is 23.5 Å². The Morgan fingerprint density at radius 3 is 2.67 bits per heavy atom. The monoisotopic (exact) mass is 548 g/mol. The van der Waals surface area contributed by atoms with Crippen LogP contribution < -0.4 is 15.8 Å². The van der Waals surface area contributed by atoms with E-state index < -0.39 is 35.6 Å². The summed E-state index contributed by atoms with van der Waals surface area (Å²) in [4.78, 5) is 64.1. The normalized spacial score (nSPS) is 13.4. The summed E-state index contributed by atoms with van der Waals surface area (Å²) in [6.07, 6.45) is 2.49. The van der Waals surface area contributed by atoms with Gasteiger partial charge >= 0.3 is 0 Å². The van der Waals surface area contributed by atoms with Crippen molar-refractivity contribution in [1.29, 1.82) is 0 Å². The van der Waals surface area contributed by atoms with Crippen molar-refractivity contribution in [3.63, 3.8) is 0 Å². The van der Waals surface area contributed by atoms with Crippen LogP contribution >= 0.6 is 0 Å². The number of halogens is 1. The molecule has 14 heteroatoms. The number of hydrogen-bond donors (Lipinski definition) is 1. The molecule has 1 atom stereocenters. The molecule has 0 radical (unpaired) electrons. The standard InChI is InChI=1S/C26H25FN8O5/c1-15(14-40-3)33-12-17-23(26(33)39)34(13-21(36)30-19-8-7-16(27)11-29-19)22-10-18(31-35(22)24(17)37)25(38)32(2)20-6-4-5-9-28-20/h4-11,15H,12-14H2,1-3H3,(H,29,30,36)/t15-/m0/s1. The molecule has 5 heterocycles. The lowest BCUT2D eigenvalue weighted by Gasteiger charge is -2.23. The van der Waals surface area contributed by atoms with Crippen molar-refractivity contribution >= 4 is 35.0 Å². The Kier molecular flexibility index (Phi) is 7.09. The summed E-state index contributed by atoms with van der Waals surface area (Å²) in [5, 5.41) is 6.81. The summed E-state index contributed by atoms with van der Waals surface area (Å²) in [5.41, 5.74) is -0.450. The molecular weight excluding hydrogens is 523 g/mol. The Labute approximate surface area is 226 Å². The first-order valence-electron chi connectivity index (χ1n) is 12.3. The molecule has 0 aliphatic carbocycles. The topological polar surface area (TPSA) is 144 Å². The summed E-state index contributed by atoms with van der Waals surface area (Å²) in [5.74, 6) is -1.71. The van der Waals surface area contributed by atoms with Crippen LogP contribution in [0.1, 0.15) is 33.5 Å². The number of anilines is 2. The number of amides is 3. The van der Waals surface area contributed by atoms with Crippen molar-refractivity contribution in [3.8, 4) is 0 Å². The molecule has 5 rings (SSSR count). The second-order valence-corrected chi connectivity index (χ2v) is 9.22. The Morgan fingerprint density at radius 2 is 2.00 bits per heavy atom. The average molecular weight is 549 g/mol. The number of ether oxygens (including phenoxy) is 1. The lowest BCUT2D eigenvalue weighted by atomic mass is 10.2. The van der Waals surface area contributed by atoms with Gasteiger partial charge in [0.15, 0.2) is 5.69 Å². The fraction of sp³-hybridized carbons (Fsp3) is 0.269. The van der Waals surface area contributed by atoms with Crippen molar-refractivity contribution in [2.24, 2.45) is 0 Å². The molecule has 0 fully saturated rings. The number of fused-ring (bicyclic) bond motifs is 2. The van der Waals surface area contributed by atoms with Gasteiger partial charge in [0.25, 0.3) is 17.4 Å². The van der Waals surface area contributed by atoms with Crippen LogP contribution in [-0.2, 0) is 22.6 Å². The molecular formula is C26H25FN8O5. The van der Waals surface area contributed by atoms with Crippen LogP contribution in [0.25, 0.3) is 5.65 Å². The fourth-order valence-electron chi connectivity index (χ4n) is 4.54. The van der Waals surface area contributed by atoms with Gasteiger partial charge in [-0.15, -0.1) is 0 Å². The molecule has 3 amide bonds. The van der Waals surface area contributed by atoms with Crippen LogP contribution in [-0.4, -0.2) is 73.6 Å². The second-order valence-electron chi connectivity index (χ2n) is 9.22. The molecule has 4 aromatic rings. The Morgan fingerprint density at radius 1 is 1.20 bits per heavy atom. The third-order valence-electron chi connectivity index (χ3n) is 6.52. The highest BCUT2D eigenvalue weighted by atomic mass is 19.1. The fourth-order valence-corrected chi connectivity index (χ4v) is 4.54. The van der Waals surface area contributed by atoms with E-state index in [1.165, 1.54) is 46.9 Å². The molecule has 0 spiro atoms. The molecule has 4 aromatic heterocycles. The van der Waals surface area contributed by atoms with E-state index in [1.54, 1.807) is 25.1 Å². The van der Waals surface area contributed by atoms with Gasteiger partial charge in [0.2, 0.25) is 5.91 Å². The number of pyridine rings is 2. The number of hydrogen-bond acceptors (Lipinski definition) is 8. The summed E-state index contributed by atoms with van der Waals surface area (Å²) in [6, 6.07) is 8.50. The first-order chi connectivity index (χ1) is 19.2. The lowest BCUT2D eigenvalue weighted by molar-refractivity contribution is -0.116. The summed E-state index contributed by atoms with van der Waals surface area (Å²) >= 11 is 0. The van der Waals surface area contributed by atoms with Gasteiger partial charge in [0.05, 0.1) is 31.0 Å². The maximum atomic E-state index is 13.6. The first kappa shape index (κ1) is 26.6. The molecule has 0 saturated heterocycles. The van der Waals surface area contributed by atoms with E-state index in [2.05, 4.69) is 20.4 Å². The number of nitrogens with zero attached hydrogens (tertiary/aromatic N) is 7. The highest BCUT2D eigenvalue weighted by Gasteiger charge is 2.37. The third-order valence-corrected chi connectivity index (χ3v) is 6.52. The molecule has 0 aromatic carbocycles. The Hall–Kier alpha value is -4.98. The zero-order chi connectivity index (χ0) is 28.6. The van der Waals surface area contributed by atoms with E-state index in [0.717, 1.165) is 16.8 Å². The van der Waals surface area contributed by atoms with E-state index in [1.807, 2.05) is 0 Å². The second kappa shape index (κ2) is 10.6. The van der Waals surface area contributed by atoms with Gasteiger partial charge in [0.1, 0.15) is 35.3 Å². The summed E-state index contributed by atoms with van der Waals surface area (Å²) in [7, 11) is 3.02. The predicted molar refractivity (Wildman–Crippen MR) is 140 cm³/mol. The van der Waals surface area contributed by atoms with Gasteiger partial charge in [-0.1, -0.05) is 6.07 Å². The number of rotatable bonds is 8. The highest BCUT2D eigenvalue weighted by molar-refractivity contribution is 6.05. The highest BCUT2D eigenvalue weighted by Crippen LogP contribution is 2.25. The van der Waals surface area contributed by atoms with Crippen LogP contribution in [0, 0.1) is 5.82 Å². The molecule has 1 aliphatic heterocycles. The largest absolute Gasteiger partial charge is 0.383 e. The van der Waals surface area contributed by atoms with Crippen LogP contribution in [0.2, 0.25) is 0 Å². The zero-order valence-corrected chi connectivity index (χ0v) is 21.9. The van der Waals surface area contributed by atoms with E-state index in [-0.39, 0.29) is 47.6 Å². The van der Waals surface area contributed by atoms with E-state index in [9.17, 15) is 23.6 Å². The Bertz CT molecular complexity index is 1670. The average Bonchev–Trinajstić information content (AvgIpc) is 3.55. The van der Waals surface area contributed by atoms with Gasteiger partial charge < -0.3 is 19.5 Å². The van der Waals surface area contributed by atoms with Crippen molar-refractivity contribution in [2.45, 2.75) is 26.1 Å². The van der Waals surface area contributed by atoms with Gasteiger partial charge in [-0.2, -0.15) is 9.61 Å². The van der Waals surface area contributed by atoms with Gasteiger partial charge in [0, 0.05) is 26.4 Å². The zero-order valence-electron chi connectivity index (χ0n) is 21.9. The van der Waals surface area contributed by atoms with Gasteiger partial charge in [-0.25, -0.2) is 14.4 Å². The van der Waals surface area contributed by atoms with Gasteiger partial charge in [-0.3, -0.25) is 24.1 Å². The number of aromatic nitrogens is 5. The molecule has 206 valence electrons. The van der Waals surface area contributed by atoms with Crippen molar-refractivity contribution in [1.82, 2.24) is 29.0 Å². The molecule has 1 N–H and O–H groups in total. The number of carbonyl (C=O) groups excluding carboxylic acids is 3. The Balaban J connectivity index is 1.59. The molecule has 40 heavy (non-hydrogen) atoms. The quantitative estimate of drug-likeness (QED) is 0.347. The molecule has 1 aliphatic rings. The van der Waals surface area contributed by atoms with E-state index in [4.69, 9.17) is 4.74 Å². The van der Waals surface area contributed by atoms with Crippen molar-refractivity contribution in [3.05, 3.63) is 81.9 Å². The van der Waals surface area contributed by atoms with Crippen LogP contribution in [0.4, 0.5) is 16.0 Å². The first-order valence-corrected chi connectivity index (χ1v) is 12.3. The minimum Gasteiger partial charge on any atom is -0.383 e. The number of methoxy groups -OCH3 is 1. The van der Waals surface area contributed by atoms with E-state index >= 15 is 0 Å². The minimum atomic E-state index is -0.595. The van der Waals surface area contributed by atoms with Crippen LogP contribution in [0.3, 0.4) is 0 Å². The van der Waals surface area contributed by atoms with E-state index in [0.29, 0.717) is 5.82 Å². The summed E-state index contributed by atoms with van der Waals surface area (Å²) in [6.45, 7) is 1.58. The van der Waals surface area contributed by atoms with Crippen molar-refractivity contribution in [2.75, 3.05) is 31.0 Å². The molecule has 0 bridgehead atoms. The third kappa shape index (κ3) is 4.80.